The second-order valence-electron chi connectivity index (χ2n) is 6.48. The molecule has 0 bridgehead atoms. The van der Waals surface area contributed by atoms with Gasteiger partial charge in [0.15, 0.2) is 5.82 Å². The quantitative estimate of drug-likeness (QED) is 0.409. The van der Waals surface area contributed by atoms with Crippen molar-refractivity contribution in [1.82, 2.24) is 25.1 Å². The van der Waals surface area contributed by atoms with Gasteiger partial charge in [0.25, 0.3) is 0 Å². The van der Waals surface area contributed by atoms with Crippen LogP contribution in [0, 0.1) is 0 Å². The van der Waals surface area contributed by atoms with E-state index >= 15 is 0 Å². The first-order valence-corrected chi connectivity index (χ1v) is 8.90. The van der Waals surface area contributed by atoms with E-state index in [2.05, 4.69) is 25.1 Å². The fraction of sp³-hybridized carbons (Fsp3) is 0.0952. The summed E-state index contributed by atoms with van der Waals surface area (Å²) in [7, 11) is 0. The van der Waals surface area contributed by atoms with Crippen molar-refractivity contribution in [2.75, 3.05) is 0 Å². The number of aliphatic hydroxyl groups is 1. The second kappa shape index (κ2) is 6.88. The van der Waals surface area contributed by atoms with Crippen molar-refractivity contribution in [2.24, 2.45) is 0 Å². The molecule has 1 unspecified atom stereocenters. The summed E-state index contributed by atoms with van der Waals surface area (Å²) in [4.78, 5) is 12.9. The summed E-state index contributed by atoms with van der Waals surface area (Å²) in [6, 6.07) is 17.4. The van der Waals surface area contributed by atoms with Crippen LogP contribution in [-0.4, -0.2) is 30.3 Å². The lowest BCUT2D eigenvalue weighted by Gasteiger charge is -2.08. The number of pyridine rings is 1. The van der Waals surface area contributed by atoms with Gasteiger partial charge in [0, 0.05) is 23.3 Å². The first-order valence-electron chi connectivity index (χ1n) is 8.90. The van der Waals surface area contributed by atoms with E-state index < -0.39 is 6.29 Å². The van der Waals surface area contributed by atoms with Gasteiger partial charge in [-0.1, -0.05) is 30.3 Å². The molecule has 5 aromatic rings. The third-order valence-corrected chi connectivity index (χ3v) is 4.62. The molecule has 138 valence electrons. The van der Waals surface area contributed by atoms with E-state index in [1.165, 1.54) is 0 Å². The minimum Gasteiger partial charge on any atom is -0.362 e. The number of hydrogen-bond donors (Lipinski definition) is 3. The van der Waals surface area contributed by atoms with Crippen molar-refractivity contribution in [1.29, 1.82) is 0 Å². The van der Waals surface area contributed by atoms with Gasteiger partial charge in [0.2, 0.25) is 6.29 Å². The zero-order valence-corrected chi connectivity index (χ0v) is 14.8. The molecule has 1 atom stereocenters. The van der Waals surface area contributed by atoms with Gasteiger partial charge in [-0.3, -0.25) is 10.1 Å². The maximum atomic E-state index is 10.3. The Labute approximate surface area is 160 Å². The molecular formula is C21H17N5O2. The smallest absolute Gasteiger partial charge is 0.217 e. The van der Waals surface area contributed by atoms with Gasteiger partial charge in [-0.25, -0.2) is 9.97 Å². The van der Waals surface area contributed by atoms with E-state index in [1.54, 1.807) is 12.4 Å². The largest absolute Gasteiger partial charge is 0.362 e. The van der Waals surface area contributed by atoms with Crippen molar-refractivity contribution < 1.29 is 9.84 Å². The average Bonchev–Trinajstić information content (AvgIpc) is 3.35. The number of H-pyrrole nitrogens is 2. The summed E-state index contributed by atoms with van der Waals surface area (Å²) in [5, 5.41) is 17.7. The van der Waals surface area contributed by atoms with Crippen LogP contribution in [-0.2, 0) is 11.3 Å². The predicted molar refractivity (Wildman–Crippen MR) is 105 cm³/mol. The lowest BCUT2D eigenvalue weighted by Crippen LogP contribution is -2.05. The summed E-state index contributed by atoms with van der Waals surface area (Å²) in [6.07, 6.45) is 2.32. The Balaban J connectivity index is 1.45. The molecule has 0 saturated carbocycles. The zero-order valence-electron chi connectivity index (χ0n) is 14.8. The average molecular weight is 371 g/mol. The number of rotatable bonds is 5. The van der Waals surface area contributed by atoms with Crippen LogP contribution in [0.2, 0.25) is 0 Å². The standard InChI is InChI=1S/C21H17N5O2/c27-21(28-12-13-4-2-1-3-5-13)20-23-17-10-15-16(11-18(17)24-20)25-26-19(15)14-6-8-22-9-7-14/h1-11,21,25-27H,12H2. The molecule has 0 aliphatic rings. The number of aromatic amines is 2. The van der Waals surface area contributed by atoms with Crippen LogP contribution in [0.15, 0.2) is 67.0 Å². The van der Waals surface area contributed by atoms with Gasteiger partial charge >= 0.3 is 0 Å². The Hall–Kier alpha value is -3.55. The number of ether oxygens (including phenoxy) is 1. The number of aliphatic hydroxyl groups excluding tert-OH is 1. The van der Waals surface area contributed by atoms with Crippen LogP contribution in [0.25, 0.3) is 33.2 Å². The van der Waals surface area contributed by atoms with E-state index in [0.29, 0.717) is 11.0 Å². The van der Waals surface area contributed by atoms with Crippen LogP contribution in [0.1, 0.15) is 17.7 Å². The molecule has 3 aromatic heterocycles. The summed E-state index contributed by atoms with van der Waals surface area (Å²) in [6.45, 7) is 0.287. The number of imidazole rings is 1. The van der Waals surface area contributed by atoms with Crippen LogP contribution >= 0.6 is 0 Å². The minimum absolute atomic E-state index is 0.257. The molecule has 7 nitrogen and oxygen atoms in total. The normalized spacial score (nSPS) is 12.6. The van der Waals surface area contributed by atoms with Gasteiger partial charge in [-0.15, -0.1) is 0 Å². The van der Waals surface area contributed by atoms with E-state index in [-0.39, 0.29) is 12.4 Å². The van der Waals surface area contributed by atoms with Crippen LogP contribution in [0.4, 0.5) is 0 Å². The molecule has 0 spiro atoms. The fourth-order valence-corrected chi connectivity index (χ4v) is 3.22. The van der Waals surface area contributed by atoms with Crippen molar-refractivity contribution in [2.45, 2.75) is 12.9 Å². The highest BCUT2D eigenvalue weighted by Gasteiger charge is 2.17. The highest BCUT2D eigenvalue weighted by atomic mass is 16.6. The number of benzene rings is 2. The summed E-state index contributed by atoms with van der Waals surface area (Å²) < 4.78 is 5.53. The van der Waals surface area contributed by atoms with Gasteiger partial charge < -0.3 is 14.9 Å². The number of nitrogens with zero attached hydrogens (tertiary/aromatic N) is 3. The molecule has 0 fully saturated rings. The Morgan fingerprint density at radius 1 is 0.929 bits per heavy atom. The number of fused-ring (bicyclic) bond motifs is 2. The van der Waals surface area contributed by atoms with Gasteiger partial charge in [0.1, 0.15) is 0 Å². The second-order valence-corrected chi connectivity index (χ2v) is 6.48. The van der Waals surface area contributed by atoms with E-state index in [4.69, 9.17) is 4.74 Å². The number of hydrogen-bond acceptors (Lipinski definition) is 5. The summed E-state index contributed by atoms with van der Waals surface area (Å²) in [5.41, 5.74) is 5.25. The maximum Gasteiger partial charge on any atom is 0.217 e. The van der Waals surface area contributed by atoms with Gasteiger partial charge in [0.05, 0.1) is 28.9 Å². The maximum absolute atomic E-state index is 10.3. The predicted octanol–water partition coefficient (Wildman–Crippen LogP) is 3.71. The molecule has 0 aliphatic heterocycles. The minimum atomic E-state index is -1.18. The Morgan fingerprint density at radius 3 is 2.46 bits per heavy atom. The van der Waals surface area contributed by atoms with Gasteiger partial charge in [-0.05, 0) is 29.8 Å². The van der Waals surface area contributed by atoms with Crippen LogP contribution in [0.5, 0.6) is 0 Å². The molecule has 0 radical (unpaired) electrons. The first-order chi connectivity index (χ1) is 13.8. The third kappa shape index (κ3) is 3.02. The lowest BCUT2D eigenvalue weighted by atomic mass is 10.1. The number of aromatic nitrogens is 5. The Morgan fingerprint density at radius 2 is 1.68 bits per heavy atom. The van der Waals surface area contributed by atoms with Crippen molar-refractivity contribution in [3.05, 3.63) is 78.4 Å². The highest BCUT2D eigenvalue weighted by molar-refractivity contribution is 6.00. The van der Waals surface area contributed by atoms with Crippen molar-refractivity contribution in [3.63, 3.8) is 0 Å². The Bertz CT molecular complexity index is 1230. The molecule has 0 amide bonds. The van der Waals surface area contributed by atoms with E-state index in [0.717, 1.165) is 27.7 Å². The highest BCUT2D eigenvalue weighted by Crippen LogP contribution is 2.29. The molecule has 2 aromatic carbocycles. The molecule has 0 saturated heterocycles. The molecule has 0 aliphatic carbocycles. The number of nitrogens with one attached hydrogen (secondary N) is 2. The molecular weight excluding hydrogens is 354 g/mol. The molecule has 3 heterocycles. The molecule has 7 heteroatoms. The summed E-state index contributed by atoms with van der Waals surface area (Å²) in [5.74, 6) is 0.257. The fourth-order valence-electron chi connectivity index (χ4n) is 3.22. The van der Waals surface area contributed by atoms with E-state index in [1.807, 2.05) is 54.6 Å². The topological polar surface area (TPSA) is 99.7 Å². The zero-order chi connectivity index (χ0) is 18.9. The summed E-state index contributed by atoms with van der Waals surface area (Å²) >= 11 is 0. The molecule has 5 rings (SSSR count). The Kier molecular flexibility index (Phi) is 4.08. The first kappa shape index (κ1) is 16.6. The van der Waals surface area contributed by atoms with Crippen LogP contribution < -0.4 is 0 Å². The SMILES string of the molecule is OC(OCc1ccccc1)c1nc2cc3[nH][nH]c(-c4ccncc4)c3cc2n1. The monoisotopic (exact) mass is 371 g/mol. The lowest BCUT2D eigenvalue weighted by molar-refractivity contribution is -0.116. The van der Waals surface area contributed by atoms with Crippen molar-refractivity contribution in [3.8, 4) is 11.3 Å². The molecule has 28 heavy (non-hydrogen) atoms. The van der Waals surface area contributed by atoms with Crippen LogP contribution in [0.3, 0.4) is 0 Å². The molecule has 3 N–H and O–H groups in total. The van der Waals surface area contributed by atoms with E-state index in [9.17, 15) is 5.11 Å². The van der Waals surface area contributed by atoms with Gasteiger partial charge in [-0.2, -0.15) is 0 Å². The van der Waals surface area contributed by atoms with Crippen molar-refractivity contribution >= 4 is 21.9 Å². The third-order valence-electron chi connectivity index (χ3n) is 4.62.